The van der Waals surface area contributed by atoms with Gasteiger partial charge in [-0.1, -0.05) is 0 Å². The maximum absolute atomic E-state index is 12.2. The van der Waals surface area contributed by atoms with Gasteiger partial charge in [0, 0.05) is 19.3 Å². The lowest BCUT2D eigenvalue weighted by Gasteiger charge is -2.20. The summed E-state index contributed by atoms with van der Waals surface area (Å²) in [4.78, 5) is 6.39. The molecule has 0 amide bonds. The topological polar surface area (TPSA) is 91.0 Å². The summed E-state index contributed by atoms with van der Waals surface area (Å²) in [7, 11) is -3.66. The Morgan fingerprint density at radius 1 is 1.20 bits per heavy atom. The number of rotatable bonds is 4. The SMILES string of the molecule is O=S(=O)(Nc1cccnc1N1CCCC1)c1ccn[nH]1. The Kier molecular flexibility index (Phi) is 3.31. The number of anilines is 2. The van der Waals surface area contributed by atoms with Gasteiger partial charge in [0.25, 0.3) is 10.0 Å². The maximum atomic E-state index is 12.2. The van der Waals surface area contributed by atoms with E-state index in [2.05, 4.69) is 24.8 Å². The normalized spacial score (nSPS) is 15.5. The lowest BCUT2D eigenvalue weighted by Crippen LogP contribution is -2.22. The minimum absolute atomic E-state index is 0.0359. The number of aromatic amines is 1. The zero-order chi connectivity index (χ0) is 14.0. The Hall–Kier alpha value is -2.09. The lowest BCUT2D eigenvalue weighted by atomic mass is 10.4. The van der Waals surface area contributed by atoms with Gasteiger partial charge in [0.05, 0.1) is 11.9 Å². The molecule has 1 aliphatic rings. The highest BCUT2D eigenvalue weighted by molar-refractivity contribution is 7.92. The van der Waals surface area contributed by atoms with Crippen molar-refractivity contribution in [1.29, 1.82) is 0 Å². The second-order valence-corrected chi connectivity index (χ2v) is 6.25. The molecule has 0 radical (unpaired) electrons. The fourth-order valence-electron chi connectivity index (χ4n) is 2.25. The number of hydrogen-bond donors (Lipinski definition) is 2. The summed E-state index contributed by atoms with van der Waals surface area (Å²) < 4.78 is 27.0. The van der Waals surface area contributed by atoms with Crippen LogP contribution in [0.15, 0.2) is 35.6 Å². The second kappa shape index (κ2) is 5.12. The summed E-state index contributed by atoms with van der Waals surface area (Å²) in [6.45, 7) is 1.80. The molecule has 8 heteroatoms. The zero-order valence-corrected chi connectivity index (χ0v) is 11.6. The molecule has 2 aromatic heterocycles. The van der Waals surface area contributed by atoms with E-state index in [1.54, 1.807) is 18.3 Å². The molecular formula is C12H15N5O2S. The molecule has 0 unspecified atom stereocenters. The molecule has 7 nitrogen and oxygen atoms in total. The highest BCUT2D eigenvalue weighted by atomic mass is 32.2. The molecule has 2 N–H and O–H groups in total. The van der Waals surface area contributed by atoms with Gasteiger partial charge in [-0.2, -0.15) is 13.5 Å². The summed E-state index contributed by atoms with van der Waals surface area (Å²) in [5.74, 6) is 0.674. The molecule has 106 valence electrons. The van der Waals surface area contributed by atoms with E-state index in [0.29, 0.717) is 11.5 Å². The maximum Gasteiger partial charge on any atom is 0.278 e. The molecule has 20 heavy (non-hydrogen) atoms. The van der Waals surface area contributed by atoms with Gasteiger partial charge < -0.3 is 4.90 Å². The number of aromatic nitrogens is 3. The third kappa shape index (κ3) is 2.46. The van der Waals surface area contributed by atoms with E-state index in [-0.39, 0.29) is 5.03 Å². The van der Waals surface area contributed by atoms with Gasteiger partial charge in [0.2, 0.25) is 0 Å². The van der Waals surface area contributed by atoms with Gasteiger partial charge in [-0.05, 0) is 31.0 Å². The highest BCUT2D eigenvalue weighted by Crippen LogP contribution is 2.27. The van der Waals surface area contributed by atoms with Crippen LogP contribution < -0.4 is 9.62 Å². The largest absolute Gasteiger partial charge is 0.355 e. The fourth-order valence-corrected chi connectivity index (χ4v) is 3.22. The van der Waals surface area contributed by atoms with Crippen LogP contribution in [0.1, 0.15) is 12.8 Å². The number of sulfonamides is 1. The molecule has 0 bridgehead atoms. The van der Waals surface area contributed by atoms with Crippen molar-refractivity contribution in [3.63, 3.8) is 0 Å². The monoisotopic (exact) mass is 293 g/mol. The molecule has 0 aliphatic carbocycles. The van der Waals surface area contributed by atoms with Crippen molar-refractivity contribution >= 4 is 21.5 Å². The van der Waals surface area contributed by atoms with E-state index in [1.165, 1.54) is 12.3 Å². The third-order valence-corrected chi connectivity index (χ3v) is 4.50. The molecule has 3 heterocycles. The zero-order valence-electron chi connectivity index (χ0n) is 10.8. The van der Waals surface area contributed by atoms with Crippen molar-refractivity contribution in [2.45, 2.75) is 17.9 Å². The second-order valence-electron chi connectivity index (χ2n) is 4.60. The Balaban J connectivity index is 1.91. The van der Waals surface area contributed by atoms with Crippen molar-refractivity contribution in [3.05, 3.63) is 30.6 Å². The highest BCUT2D eigenvalue weighted by Gasteiger charge is 2.21. The molecule has 0 saturated carbocycles. The first-order valence-electron chi connectivity index (χ1n) is 6.39. The van der Waals surface area contributed by atoms with Crippen molar-refractivity contribution in [3.8, 4) is 0 Å². The minimum Gasteiger partial charge on any atom is -0.355 e. The van der Waals surface area contributed by atoms with Crippen LogP contribution in [-0.4, -0.2) is 36.7 Å². The molecule has 3 rings (SSSR count). The van der Waals surface area contributed by atoms with Crippen LogP contribution >= 0.6 is 0 Å². The Morgan fingerprint density at radius 3 is 2.70 bits per heavy atom. The predicted molar refractivity (Wildman–Crippen MR) is 75.1 cm³/mol. The number of hydrogen-bond acceptors (Lipinski definition) is 5. The number of H-pyrrole nitrogens is 1. The molecular weight excluding hydrogens is 278 g/mol. The van der Waals surface area contributed by atoms with Crippen LogP contribution in [0.2, 0.25) is 0 Å². The number of nitrogens with one attached hydrogen (secondary N) is 2. The van der Waals surface area contributed by atoms with Gasteiger partial charge >= 0.3 is 0 Å². The summed E-state index contributed by atoms with van der Waals surface area (Å²) >= 11 is 0. The van der Waals surface area contributed by atoms with Crippen molar-refractivity contribution in [1.82, 2.24) is 15.2 Å². The van der Waals surface area contributed by atoms with E-state index in [0.717, 1.165) is 25.9 Å². The lowest BCUT2D eigenvalue weighted by molar-refractivity contribution is 0.597. The minimum atomic E-state index is -3.66. The van der Waals surface area contributed by atoms with E-state index >= 15 is 0 Å². The number of pyridine rings is 1. The van der Waals surface area contributed by atoms with Crippen molar-refractivity contribution in [2.24, 2.45) is 0 Å². The van der Waals surface area contributed by atoms with Gasteiger partial charge in [0.1, 0.15) is 0 Å². The van der Waals surface area contributed by atoms with Gasteiger partial charge in [-0.3, -0.25) is 9.82 Å². The van der Waals surface area contributed by atoms with Crippen LogP contribution in [0.5, 0.6) is 0 Å². The smallest absolute Gasteiger partial charge is 0.278 e. The van der Waals surface area contributed by atoms with Gasteiger partial charge in [0.15, 0.2) is 10.8 Å². The fraction of sp³-hybridized carbons (Fsp3) is 0.333. The number of nitrogens with zero attached hydrogens (tertiary/aromatic N) is 3. The Labute approximate surface area is 117 Å². The molecule has 0 spiro atoms. The summed E-state index contributed by atoms with van der Waals surface area (Å²) in [5, 5.41) is 6.15. The molecule has 0 aromatic carbocycles. The van der Waals surface area contributed by atoms with E-state index in [4.69, 9.17) is 0 Å². The molecule has 1 fully saturated rings. The van der Waals surface area contributed by atoms with Crippen LogP contribution in [0.3, 0.4) is 0 Å². The third-order valence-electron chi connectivity index (χ3n) is 3.20. The van der Waals surface area contributed by atoms with E-state index in [9.17, 15) is 8.42 Å². The van der Waals surface area contributed by atoms with Crippen LogP contribution in [0, 0.1) is 0 Å². The van der Waals surface area contributed by atoms with E-state index < -0.39 is 10.0 Å². The summed E-state index contributed by atoms with van der Waals surface area (Å²) in [6.07, 6.45) is 5.27. The molecule has 1 aliphatic heterocycles. The first kappa shape index (κ1) is 12.9. The summed E-state index contributed by atoms with van der Waals surface area (Å²) in [5.41, 5.74) is 0.490. The van der Waals surface area contributed by atoms with Gasteiger partial charge in [-0.25, -0.2) is 4.98 Å². The predicted octanol–water partition coefficient (Wildman–Crippen LogP) is 1.21. The van der Waals surface area contributed by atoms with Crippen LogP contribution in [0.25, 0.3) is 0 Å². The Bertz CT molecular complexity index is 678. The first-order valence-corrected chi connectivity index (χ1v) is 7.87. The van der Waals surface area contributed by atoms with Crippen molar-refractivity contribution < 1.29 is 8.42 Å². The quantitative estimate of drug-likeness (QED) is 0.884. The van der Waals surface area contributed by atoms with Gasteiger partial charge in [-0.15, -0.1) is 0 Å². The molecule has 0 atom stereocenters. The Morgan fingerprint density at radius 2 is 2.00 bits per heavy atom. The average molecular weight is 293 g/mol. The summed E-state index contributed by atoms with van der Waals surface area (Å²) in [6, 6.07) is 4.84. The van der Waals surface area contributed by atoms with Crippen LogP contribution in [-0.2, 0) is 10.0 Å². The molecule has 1 saturated heterocycles. The molecule has 2 aromatic rings. The standard InChI is InChI=1S/C12H15N5O2S/c18-20(19,11-5-7-14-15-11)16-10-4-3-6-13-12(10)17-8-1-2-9-17/h3-7,16H,1-2,8-9H2,(H,14,15). The van der Waals surface area contributed by atoms with Crippen LogP contribution in [0.4, 0.5) is 11.5 Å². The van der Waals surface area contributed by atoms with E-state index in [1.807, 2.05) is 0 Å². The average Bonchev–Trinajstić information content (AvgIpc) is 3.13. The van der Waals surface area contributed by atoms with Crippen molar-refractivity contribution in [2.75, 3.05) is 22.7 Å². The first-order chi connectivity index (χ1) is 9.67.